The second-order valence-corrected chi connectivity index (χ2v) is 4.66. The van der Waals surface area contributed by atoms with Crippen molar-refractivity contribution >= 4 is 34.2 Å². The summed E-state index contributed by atoms with van der Waals surface area (Å²) < 4.78 is 6.70. The van der Waals surface area contributed by atoms with Crippen LogP contribution in [-0.2, 0) is 4.74 Å². The van der Waals surface area contributed by atoms with Crippen molar-refractivity contribution in [2.75, 3.05) is 16.9 Å². The van der Waals surface area contributed by atoms with Gasteiger partial charge in [-0.1, -0.05) is 48.8 Å². The molecular formula is C10H20ClIO. The molecule has 0 aliphatic heterocycles. The zero-order valence-electron chi connectivity index (χ0n) is 8.61. The molecule has 0 aromatic rings. The van der Waals surface area contributed by atoms with E-state index in [-0.39, 0.29) is 5.60 Å². The minimum Gasteiger partial charge on any atom is -0.373 e. The summed E-state index contributed by atoms with van der Waals surface area (Å²) in [6, 6.07) is 0. The molecular weight excluding hydrogens is 298 g/mol. The lowest BCUT2D eigenvalue weighted by Gasteiger charge is -2.25. The van der Waals surface area contributed by atoms with Gasteiger partial charge in [-0.3, -0.25) is 0 Å². The zero-order valence-corrected chi connectivity index (χ0v) is 11.5. The van der Waals surface area contributed by atoms with Crippen LogP contribution in [0.25, 0.3) is 0 Å². The number of hydrogen-bond acceptors (Lipinski definition) is 1. The molecule has 0 aromatic carbocycles. The maximum atomic E-state index is 5.82. The maximum absolute atomic E-state index is 5.82. The molecule has 0 N–H and O–H groups in total. The number of halogens is 2. The summed E-state index contributed by atoms with van der Waals surface area (Å²) in [5, 5.41) is 0. The highest BCUT2D eigenvalue weighted by atomic mass is 127. The highest BCUT2D eigenvalue weighted by Gasteiger charge is 2.21. The summed E-state index contributed by atoms with van der Waals surface area (Å²) in [4.78, 5) is 0. The molecule has 0 amide bonds. The molecule has 0 spiro atoms. The van der Waals surface area contributed by atoms with E-state index in [1.807, 2.05) is 0 Å². The van der Waals surface area contributed by atoms with E-state index in [2.05, 4.69) is 36.4 Å². The van der Waals surface area contributed by atoms with Gasteiger partial charge in [0.2, 0.25) is 0 Å². The van der Waals surface area contributed by atoms with E-state index < -0.39 is 0 Å². The van der Waals surface area contributed by atoms with E-state index in [0.717, 1.165) is 17.5 Å². The van der Waals surface area contributed by atoms with Gasteiger partial charge in [0.25, 0.3) is 0 Å². The molecule has 1 unspecified atom stereocenters. The fraction of sp³-hybridized carbons (Fsp3) is 1.00. The number of unbranched alkanes of at least 4 members (excludes halogenated alkanes) is 3. The Hall–Kier alpha value is 0.980. The fourth-order valence-electron chi connectivity index (χ4n) is 0.960. The largest absolute Gasteiger partial charge is 0.373 e. The van der Waals surface area contributed by atoms with Crippen LogP contribution >= 0.6 is 34.2 Å². The Morgan fingerprint density at radius 3 is 2.46 bits per heavy atom. The third-order valence-electron chi connectivity index (χ3n) is 2.01. The van der Waals surface area contributed by atoms with E-state index in [0.29, 0.717) is 5.88 Å². The van der Waals surface area contributed by atoms with Gasteiger partial charge in [-0.15, -0.1) is 11.6 Å². The minimum absolute atomic E-state index is 0.117. The molecule has 0 heterocycles. The first-order valence-electron chi connectivity index (χ1n) is 4.94. The number of rotatable bonds is 8. The predicted molar refractivity (Wildman–Crippen MR) is 68.1 cm³/mol. The highest BCUT2D eigenvalue weighted by Crippen LogP contribution is 2.16. The van der Waals surface area contributed by atoms with E-state index in [1.165, 1.54) is 19.3 Å². The first kappa shape index (κ1) is 14.0. The molecule has 1 nitrogen and oxygen atoms in total. The quantitative estimate of drug-likeness (QED) is 0.373. The Morgan fingerprint density at radius 2 is 2.00 bits per heavy atom. The van der Waals surface area contributed by atoms with Crippen molar-refractivity contribution in [1.29, 1.82) is 0 Å². The summed E-state index contributed by atoms with van der Waals surface area (Å²) in [6.45, 7) is 5.15. The smallest absolute Gasteiger partial charge is 0.0878 e. The number of alkyl halides is 2. The van der Waals surface area contributed by atoms with Crippen LogP contribution in [-0.4, -0.2) is 22.5 Å². The molecule has 0 aliphatic carbocycles. The summed E-state index contributed by atoms with van der Waals surface area (Å²) in [5.41, 5.74) is -0.117. The first-order valence-corrected chi connectivity index (χ1v) is 7.00. The van der Waals surface area contributed by atoms with Crippen LogP contribution in [0.15, 0.2) is 0 Å². The average Bonchev–Trinajstić information content (AvgIpc) is 2.17. The molecule has 0 rings (SSSR count). The lowest BCUT2D eigenvalue weighted by atomic mass is 10.2. The predicted octanol–water partition coefficient (Wildman–Crippen LogP) is 4.02. The topological polar surface area (TPSA) is 9.23 Å². The van der Waals surface area contributed by atoms with Crippen molar-refractivity contribution in [1.82, 2.24) is 0 Å². The SMILES string of the molecule is CCCCCCOC(C)(CCl)CI. The Labute approximate surface area is 101 Å². The maximum Gasteiger partial charge on any atom is 0.0878 e. The van der Waals surface area contributed by atoms with Gasteiger partial charge >= 0.3 is 0 Å². The van der Waals surface area contributed by atoms with Crippen molar-refractivity contribution in [3.63, 3.8) is 0 Å². The second kappa shape index (κ2) is 8.30. The first-order chi connectivity index (χ1) is 6.18. The number of ether oxygens (including phenoxy) is 1. The van der Waals surface area contributed by atoms with Crippen LogP contribution in [0.2, 0.25) is 0 Å². The molecule has 0 radical (unpaired) electrons. The molecule has 0 saturated carbocycles. The average molecular weight is 319 g/mol. The van der Waals surface area contributed by atoms with E-state index in [1.54, 1.807) is 0 Å². The molecule has 80 valence electrons. The molecule has 3 heteroatoms. The van der Waals surface area contributed by atoms with Crippen molar-refractivity contribution in [3.05, 3.63) is 0 Å². The van der Waals surface area contributed by atoms with Crippen molar-refractivity contribution in [2.24, 2.45) is 0 Å². The standard InChI is InChI=1S/C10H20ClIO/c1-3-4-5-6-7-13-10(2,8-11)9-12/h3-9H2,1-2H3. The Kier molecular flexibility index (Phi) is 8.93. The van der Waals surface area contributed by atoms with Crippen molar-refractivity contribution < 1.29 is 4.74 Å². The lowest BCUT2D eigenvalue weighted by molar-refractivity contribution is 0.00383. The van der Waals surface area contributed by atoms with Crippen LogP contribution in [0.5, 0.6) is 0 Å². The minimum atomic E-state index is -0.117. The summed E-state index contributed by atoms with van der Waals surface area (Å²) >= 11 is 8.14. The molecule has 0 bridgehead atoms. The zero-order chi connectivity index (χ0) is 10.2. The van der Waals surface area contributed by atoms with E-state index in [4.69, 9.17) is 16.3 Å². The molecule has 0 fully saturated rings. The van der Waals surface area contributed by atoms with Gasteiger partial charge < -0.3 is 4.74 Å². The van der Waals surface area contributed by atoms with Crippen molar-refractivity contribution in [3.8, 4) is 0 Å². The van der Waals surface area contributed by atoms with Gasteiger partial charge in [-0.05, 0) is 13.3 Å². The Morgan fingerprint density at radius 1 is 1.31 bits per heavy atom. The molecule has 0 aliphatic rings. The van der Waals surface area contributed by atoms with Crippen LogP contribution in [0.3, 0.4) is 0 Å². The molecule has 0 aromatic heterocycles. The van der Waals surface area contributed by atoms with Crippen LogP contribution < -0.4 is 0 Å². The van der Waals surface area contributed by atoms with E-state index >= 15 is 0 Å². The number of hydrogen-bond donors (Lipinski definition) is 0. The molecule has 1 atom stereocenters. The molecule has 13 heavy (non-hydrogen) atoms. The van der Waals surface area contributed by atoms with Crippen LogP contribution in [0.4, 0.5) is 0 Å². The third-order valence-corrected chi connectivity index (χ3v) is 4.19. The van der Waals surface area contributed by atoms with Gasteiger partial charge in [0.05, 0.1) is 11.5 Å². The normalized spacial score (nSPS) is 15.7. The summed E-state index contributed by atoms with van der Waals surface area (Å²) in [7, 11) is 0. The van der Waals surface area contributed by atoms with Gasteiger partial charge in [-0.2, -0.15) is 0 Å². The fourth-order valence-corrected chi connectivity index (χ4v) is 1.94. The third kappa shape index (κ3) is 6.97. The second-order valence-electron chi connectivity index (χ2n) is 3.63. The Bertz CT molecular complexity index is 115. The van der Waals surface area contributed by atoms with Crippen molar-refractivity contribution in [2.45, 2.75) is 45.1 Å². The lowest BCUT2D eigenvalue weighted by Crippen LogP contribution is -2.33. The highest BCUT2D eigenvalue weighted by molar-refractivity contribution is 14.1. The van der Waals surface area contributed by atoms with Gasteiger partial charge in [0.1, 0.15) is 0 Å². The molecule has 0 saturated heterocycles. The Balaban J connectivity index is 3.39. The van der Waals surface area contributed by atoms with Gasteiger partial charge in [0, 0.05) is 11.0 Å². The van der Waals surface area contributed by atoms with Crippen LogP contribution in [0, 0.1) is 0 Å². The van der Waals surface area contributed by atoms with Gasteiger partial charge in [0.15, 0.2) is 0 Å². The van der Waals surface area contributed by atoms with E-state index in [9.17, 15) is 0 Å². The monoisotopic (exact) mass is 318 g/mol. The summed E-state index contributed by atoms with van der Waals surface area (Å²) in [5.74, 6) is 0.587. The summed E-state index contributed by atoms with van der Waals surface area (Å²) in [6.07, 6.45) is 5.03. The van der Waals surface area contributed by atoms with Crippen LogP contribution in [0.1, 0.15) is 39.5 Å². The van der Waals surface area contributed by atoms with Gasteiger partial charge in [-0.25, -0.2) is 0 Å².